The zero-order chi connectivity index (χ0) is 17.2. The van der Waals surface area contributed by atoms with Gasteiger partial charge in [-0.1, -0.05) is 20.8 Å². The van der Waals surface area contributed by atoms with E-state index in [0.717, 1.165) is 41.5 Å². The molecule has 0 radical (unpaired) electrons. The molecule has 0 aliphatic rings. The minimum absolute atomic E-state index is 0.0943. The molecule has 0 bridgehead atoms. The summed E-state index contributed by atoms with van der Waals surface area (Å²) in [4.78, 5) is 25.1. The van der Waals surface area contributed by atoms with Gasteiger partial charge in [-0.2, -0.15) is 0 Å². The van der Waals surface area contributed by atoms with E-state index in [9.17, 15) is 4.79 Å². The summed E-state index contributed by atoms with van der Waals surface area (Å²) in [7, 11) is 0. The van der Waals surface area contributed by atoms with Crippen LogP contribution in [0.15, 0.2) is 30.9 Å². The van der Waals surface area contributed by atoms with E-state index < -0.39 is 0 Å². The predicted octanol–water partition coefficient (Wildman–Crippen LogP) is 2.92. The first-order valence-electron chi connectivity index (χ1n) is 8.30. The molecule has 3 heterocycles. The fraction of sp³-hybridized carbons (Fsp3) is 0.444. The maximum atomic E-state index is 11.8. The molecule has 0 aliphatic carbocycles. The fourth-order valence-electron chi connectivity index (χ4n) is 2.61. The van der Waals surface area contributed by atoms with Crippen LogP contribution in [0, 0.1) is 5.41 Å². The van der Waals surface area contributed by atoms with Crippen molar-refractivity contribution in [1.29, 1.82) is 0 Å². The Balaban J connectivity index is 1.64. The average Bonchev–Trinajstić information content (AvgIpc) is 2.97. The monoisotopic (exact) mass is 325 g/mol. The molecule has 0 saturated heterocycles. The average molecular weight is 325 g/mol. The van der Waals surface area contributed by atoms with Crippen LogP contribution in [0.2, 0.25) is 0 Å². The van der Waals surface area contributed by atoms with Crippen LogP contribution >= 0.6 is 0 Å². The Hall–Kier alpha value is -2.50. The topological polar surface area (TPSA) is 72.7 Å². The third-order valence-corrected chi connectivity index (χ3v) is 4.00. The summed E-state index contributed by atoms with van der Waals surface area (Å²) in [5.74, 6) is 0.0943. The number of fused-ring (bicyclic) bond motifs is 3. The van der Waals surface area contributed by atoms with Gasteiger partial charge in [-0.25, -0.2) is 4.98 Å². The molecule has 0 fully saturated rings. The highest BCUT2D eigenvalue weighted by Gasteiger charge is 2.20. The smallest absolute Gasteiger partial charge is 0.225 e. The van der Waals surface area contributed by atoms with Crippen molar-refractivity contribution in [1.82, 2.24) is 24.8 Å². The second-order valence-corrected chi connectivity index (χ2v) is 7.01. The van der Waals surface area contributed by atoms with E-state index in [4.69, 9.17) is 0 Å². The number of aromatic nitrogens is 4. The zero-order valence-corrected chi connectivity index (χ0v) is 14.4. The maximum Gasteiger partial charge on any atom is 0.225 e. The molecule has 0 saturated carbocycles. The lowest BCUT2D eigenvalue weighted by Crippen LogP contribution is -2.35. The lowest BCUT2D eigenvalue weighted by molar-refractivity contribution is -0.128. The fourth-order valence-corrected chi connectivity index (χ4v) is 2.61. The van der Waals surface area contributed by atoms with E-state index in [-0.39, 0.29) is 11.3 Å². The van der Waals surface area contributed by atoms with Gasteiger partial charge < -0.3 is 9.88 Å². The van der Waals surface area contributed by atoms with Crippen LogP contribution in [0.4, 0.5) is 0 Å². The molecule has 3 aromatic rings. The van der Waals surface area contributed by atoms with Gasteiger partial charge in [0.2, 0.25) is 5.91 Å². The van der Waals surface area contributed by atoms with Gasteiger partial charge in [0, 0.05) is 24.7 Å². The number of hydrogen-bond acceptors (Lipinski definition) is 4. The Kier molecular flexibility index (Phi) is 4.46. The number of aryl methyl sites for hydroxylation is 1. The second-order valence-electron chi connectivity index (χ2n) is 7.01. The van der Waals surface area contributed by atoms with Crippen molar-refractivity contribution >= 4 is 28.0 Å². The molecule has 6 heteroatoms. The van der Waals surface area contributed by atoms with E-state index in [0.29, 0.717) is 6.54 Å². The van der Waals surface area contributed by atoms with Crippen molar-refractivity contribution in [3.05, 3.63) is 30.9 Å². The van der Waals surface area contributed by atoms with Crippen molar-refractivity contribution in [2.45, 2.75) is 40.2 Å². The third kappa shape index (κ3) is 3.37. The SMILES string of the molecule is CC(C)(C)C(=O)NCCCCn1cnc2cnc3cccnc3c21. The molecular weight excluding hydrogens is 302 g/mol. The van der Waals surface area contributed by atoms with Crippen LogP contribution in [0.25, 0.3) is 22.1 Å². The molecule has 1 N–H and O–H groups in total. The Morgan fingerprint density at radius 1 is 1.17 bits per heavy atom. The highest BCUT2D eigenvalue weighted by molar-refractivity contribution is 5.99. The lowest BCUT2D eigenvalue weighted by Gasteiger charge is -2.17. The van der Waals surface area contributed by atoms with Gasteiger partial charge in [-0.15, -0.1) is 0 Å². The molecule has 3 aromatic heterocycles. The largest absolute Gasteiger partial charge is 0.356 e. The normalized spacial score (nSPS) is 12.0. The molecule has 0 unspecified atom stereocenters. The van der Waals surface area contributed by atoms with Crippen LogP contribution < -0.4 is 5.32 Å². The third-order valence-electron chi connectivity index (χ3n) is 4.00. The first-order valence-corrected chi connectivity index (χ1v) is 8.30. The maximum absolute atomic E-state index is 11.8. The van der Waals surface area contributed by atoms with Crippen LogP contribution in [0.5, 0.6) is 0 Å². The number of carbonyl (C=O) groups is 1. The van der Waals surface area contributed by atoms with Crippen molar-refractivity contribution < 1.29 is 4.79 Å². The standard InChI is InChI=1S/C18H23N5O/c1-18(2,3)17(24)20-8-4-5-10-23-12-22-14-11-21-13-7-6-9-19-15(13)16(14)23/h6-7,9,11-12H,4-5,8,10H2,1-3H3,(H,20,24). The van der Waals surface area contributed by atoms with Gasteiger partial charge in [0.1, 0.15) is 11.0 Å². The van der Waals surface area contributed by atoms with Gasteiger partial charge in [0.15, 0.2) is 0 Å². The number of carbonyl (C=O) groups excluding carboxylic acids is 1. The molecule has 6 nitrogen and oxygen atoms in total. The summed E-state index contributed by atoms with van der Waals surface area (Å²) in [5.41, 5.74) is 3.32. The van der Waals surface area contributed by atoms with Gasteiger partial charge >= 0.3 is 0 Å². The Bertz CT molecular complexity index is 863. The Morgan fingerprint density at radius 3 is 2.79 bits per heavy atom. The second kappa shape index (κ2) is 6.55. The van der Waals surface area contributed by atoms with E-state index in [1.54, 1.807) is 12.4 Å². The number of amides is 1. The minimum atomic E-state index is -0.335. The van der Waals surface area contributed by atoms with E-state index in [2.05, 4.69) is 24.8 Å². The molecule has 0 atom stereocenters. The highest BCUT2D eigenvalue weighted by Crippen LogP contribution is 2.21. The van der Waals surface area contributed by atoms with Crippen molar-refractivity contribution in [3.8, 4) is 0 Å². The predicted molar refractivity (Wildman–Crippen MR) is 94.5 cm³/mol. The molecule has 24 heavy (non-hydrogen) atoms. The number of pyridine rings is 2. The molecule has 0 spiro atoms. The van der Waals surface area contributed by atoms with Crippen molar-refractivity contribution in [3.63, 3.8) is 0 Å². The number of rotatable bonds is 5. The minimum Gasteiger partial charge on any atom is -0.356 e. The van der Waals surface area contributed by atoms with Crippen LogP contribution in [-0.4, -0.2) is 32.0 Å². The molecule has 1 amide bonds. The Morgan fingerprint density at radius 2 is 2.00 bits per heavy atom. The van der Waals surface area contributed by atoms with Crippen LogP contribution in [0.3, 0.4) is 0 Å². The van der Waals surface area contributed by atoms with Crippen LogP contribution in [0.1, 0.15) is 33.6 Å². The number of nitrogens with zero attached hydrogens (tertiary/aromatic N) is 4. The van der Waals surface area contributed by atoms with E-state index in [1.807, 2.05) is 39.2 Å². The number of hydrogen-bond donors (Lipinski definition) is 1. The zero-order valence-electron chi connectivity index (χ0n) is 14.4. The first kappa shape index (κ1) is 16.4. The van der Waals surface area contributed by atoms with Gasteiger partial charge in [0.05, 0.1) is 23.6 Å². The van der Waals surface area contributed by atoms with E-state index >= 15 is 0 Å². The number of unbranched alkanes of at least 4 members (excludes halogenated alkanes) is 1. The van der Waals surface area contributed by atoms with Gasteiger partial charge in [-0.05, 0) is 25.0 Å². The quantitative estimate of drug-likeness (QED) is 0.732. The summed E-state index contributed by atoms with van der Waals surface area (Å²) in [6.07, 6.45) is 7.31. The molecule has 126 valence electrons. The van der Waals surface area contributed by atoms with Crippen molar-refractivity contribution in [2.75, 3.05) is 6.54 Å². The lowest BCUT2D eigenvalue weighted by atomic mass is 9.96. The molecule has 0 aromatic carbocycles. The Labute approximate surface area is 141 Å². The van der Waals surface area contributed by atoms with Gasteiger partial charge in [0.25, 0.3) is 0 Å². The summed E-state index contributed by atoms with van der Waals surface area (Å²) in [6, 6.07) is 3.85. The number of nitrogens with one attached hydrogen (secondary N) is 1. The first-order chi connectivity index (χ1) is 11.5. The van der Waals surface area contributed by atoms with Gasteiger partial charge in [-0.3, -0.25) is 14.8 Å². The summed E-state index contributed by atoms with van der Waals surface area (Å²) >= 11 is 0. The summed E-state index contributed by atoms with van der Waals surface area (Å²) < 4.78 is 2.12. The van der Waals surface area contributed by atoms with Crippen molar-refractivity contribution in [2.24, 2.45) is 5.41 Å². The summed E-state index contributed by atoms with van der Waals surface area (Å²) in [5, 5.41) is 2.98. The molecule has 3 rings (SSSR count). The number of imidazole rings is 1. The molecular formula is C18H23N5O. The summed E-state index contributed by atoms with van der Waals surface area (Å²) in [6.45, 7) is 7.31. The van der Waals surface area contributed by atoms with E-state index in [1.165, 1.54) is 0 Å². The van der Waals surface area contributed by atoms with Crippen LogP contribution in [-0.2, 0) is 11.3 Å². The molecule has 0 aliphatic heterocycles. The highest BCUT2D eigenvalue weighted by atomic mass is 16.2.